The van der Waals surface area contributed by atoms with Gasteiger partial charge in [-0.3, -0.25) is 14.4 Å². The molecule has 6 nitrogen and oxygen atoms in total. The quantitative estimate of drug-likeness (QED) is 0.797. The molecule has 108 valence electrons. The van der Waals surface area contributed by atoms with Crippen LogP contribution in [0.1, 0.15) is 16.3 Å². The SMILES string of the molecule is O=C1C=CC(=O)C(c2ccc(C(=O)N3CCNCC3)o2)=C1. The molecule has 1 aromatic heterocycles. The van der Waals surface area contributed by atoms with E-state index in [4.69, 9.17) is 4.42 Å². The fourth-order valence-electron chi connectivity index (χ4n) is 2.32. The molecule has 3 rings (SSSR count). The van der Waals surface area contributed by atoms with Gasteiger partial charge >= 0.3 is 0 Å². The topological polar surface area (TPSA) is 79.6 Å². The lowest BCUT2D eigenvalue weighted by atomic mass is 10.0. The van der Waals surface area contributed by atoms with Gasteiger partial charge in [-0.1, -0.05) is 0 Å². The predicted molar refractivity (Wildman–Crippen MR) is 74.6 cm³/mol. The molecule has 0 unspecified atom stereocenters. The molecule has 1 amide bonds. The van der Waals surface area contributed by atoms with Crippen molar-refractivity contribution < 1.29 is 18.8 Å². The summed E-state index contributed by atoms with van der Waals surface area (Å²) >= 11 is 0. The highest BCUT2D eigenvalue weighted by molar-refractivity contribution is 6.33. The van der Waals surface area contributed by atoms with E-state index in [9.17, 15) is 14.4 Å². The highest BCUT2D eigenvalue weighted by Crippen LogP contribution is 2.22. The molecular formula is C15H14N2O4. The van der Waals surface area contributed by atoms with Gasteiger partial charge in [-0.25, -0.2) is 0 Å². The van der Waals surface area contributed by atoms with Crippen molar-refractivity contribution in [3.8, 4) is 0 Å². The van der Waals surface area contributed by atoms with E-state index in [1.807, 2.05) is 0 Å². The van der Waals surface area contributed by atoms with Crippen molar-refractivity contribution in [3.63, 3.8) is 0 Å². The number of piperazine rings is 1. The van der Waals surface area contributed by atoms with E-state index < -0.39 is 0 Å². The smallest absolute Gasteiger partial charge is 0.289 e. The Hall–Kier alpha value is -2.47. The summed E-state index contributed by atoms with van der Waals surface area (Å²) in [4.78, 5) is 37.0. The number of amides is 1. The number of rotatable bonds is 2. The lowest BCUT2D eigenvalue weighted by molar-refractivity contribution is -0.113. The average molecular weight is 286 g/mol. The number of nitrogens with zero attached hydrogens (tertiary/aromatic N) is 1. The van der Waals surface area contributed by atoms with Crippen LogP contribution in [0.3, 0.4) is 0 Å². The summed E-state index contributed by atoms with van der Waals surface area (Å²) in [6, 6.07) is 3.09. The Morgan fingerprint density at radius 2 is 1.90 bits per heavy atom. The minimum absolute atomic E-state index is 0.182. The molecule has 0 bridgehead atoms. The minimum atomic E-state index is -0.301. The highest BCUT2D eigenvalue weighted by atomic mass is 16.4. The van der Waals surface area contributed by atoms with E-state index in [0.717, 1.165) is 13.1 Å². The summed E-state index contributed by atoms with van der Waals surface area (Å²) in [5.74, 6) is -0.339. The normalized spacial score (nSPS) is 18.9. The average Bonchev–Trinajstić information content (AvgIpc) is 2.99. The molecule has 0 aromatic carbocycles. The Kier molecular flexibility index (Phi) is 3.53. The number of furan rings is 1. The first kappa shape index (κ1) is 13.5. The first-order chi connectivity index (χ1) is 10.1. The molecule has 21 heavy (non-hydrogen) atoms. The fourth-order valence-corrected chi connectivity index (χ4v) is 2.32. The molecule has 0 radical (unpaired) electrons. The van der Waals surface area contributed by atoms with E-state index in [1.165, 1.54) is 24.3 Å². The molecule has 1 aromatic rings. The minimum Gasteiger partial charge on any atom is -0.451 e. The van der Waals surface area contributed by atoms with Gasteiger partial charge in [-0.15, -0.1) is 0 Å². The third kappa shape index (κ3) is 2.71. The van der Waals surface area contributed by atoms with Gasteiger partial charge in [-0.05, 0) is 24.3 Å². The Morgan fingerprint density at radius 3 is 2.67 bits per heavy atom. The second-order valence-electron chi connectivity index (χ2n) is 4.86. The van der Waals surface area contributed by atoms with Crippen LogP contribution in [-0.4, -0.2) is 48.6 Å². The summed E-state index contributed by atoms with van der Waals surface area (Å²) in [6.07, 6.45) is 3.64. The maximum Gasteiger partial charge on any atom is 0.289 e. The number of hydrogen-bond donors (Lipinski definition) is 1. The summed E-state index contributed by atoms with van der Waals surface area (Å²) < 4.78 is 5.47. The van der Waals surface area contributed by atoms with Gasteiger partial charge in [0.05, 0.1) is 5.57 Å². The molecule has 0 saturated carbocycles. The monoisotopic (exact) mass is 286 g/mol. The van der Waals surface area contributed by atoms with E-state index in [-0.39, 0.29) is 34.6 Å². The molecule has 1 aliphatic carbocycles. The maximum atomic E-state index is 12.3. The van der Waals surface area contributed by atoms with Crippen molar-refractivity contribution in [2.75, 3.05) is 26.2 Å². The van der Waals surface area contributed by atoms with Gasteiger partial charge in [-0.2, -0.15) is 0 Å². The molecule has 1 aliphatic heterocycles. The van der Waals surface area contributed by atoms with Crippen LogP contribution in [0.4, 0.5) is 0 Å². The number of carbonyl (C=O) groups is 3. The van der Waals surface area contributed by atoms with Crippen molar-refractivity contribution in [2.45, 2.75) is 0 Å². The number of hydrogen-bond acceptors (Lipinski definition) is 5. The molecule has 1 saturated heterocycles. The highest BCUT2D eigenvalue weighted by Gasteiger charge is 2.23. The molecule has 1 fully saturated rings. The van der Waals surface area contributed by atoms with Gasteiger partial charge in [0, 0.05) is 32.3 Å². The van der Waals surface area contributed by atoms with Gasteiger partial charge in [0.25, 0.3) is 5.91 Å². The van der Waals surface area contributed by atoms with Crippen LogP contribution in [0.15, 0.2) is 34.8 Å². The van der Waals surface area contributed by atoms with Gasteiger partial charge in [0.15, 0.2) is 17.3 Å². The summed E-state index contributed by atoms with van der Waals surface area (Å²) in [5.41, 5.74) is 0.182. The third-order valence-corrected chi connectivity index (χ3v) is 3.44. The number of ketones is 2. The van der Waals surface area contributed by atoms with Gasteiger partial charge in [0.2, 0.25) is 0 Å². The van der Waals surface area contributed by atoms with E-state index >= 15 is 0 Å². The van der Waals surface area contributed by atoms with Crippen molar-refractivity contribution in [1.82, 2.24) is 10.2 Å². The predicted octanol–water partition coefficient (Wildman–Crippen LogP) is 0.416. The van der Waals surface area contributed by atoms with E-state index in [2.05, 4.69) is 5.32 Å². The number of allylic oxidation sites excluding steroid dienone is 4. The van der Waals surface area contributed by atoms with Crippen LogP contribution in [-0.2, 0) is 9.59 Å². The van der Waals surface area contributed by atoms with E-state index in [0.29, 0.717) is 13.1 Å². The van der Waals surface area contributed by atoms with Crippen LogP contribution >= 0.6 is 0 Å². The van der Waals surface area contributed by atoms with Gasteiger partial charge in [0.1, 0.15) is 5.76 Å². The maximum absolute atomic E-state index is 12.3. The zero-order valence-electron chi connectivity index (χ0n) is 11.3. The van der Waals surface area contributed by atoms with Crippen LogP contribution in [0.5, 0.6) is 0 Å². The summed E-state index contributed by atoms with van der Waals surface area (Å²) in [6.45, 7) is 2.75. The molecule has 0 spiro atoms. The molecule has 6 heteroatoms. The van der Waals surface area contributed by atoms with Crippen LogP contribution in [0.2, 0.25) is 0 Å². The van der Waals surface area contributed by atoms with Crippen LogP contribution < -0.4 is 5.32 Å². The van der Waals surface area contributed by atoms with Crippen molar-refractivity contribution in [3.05, 3.63) is 41.9 Å². The first-order valence-corrected chi connectivity index (χ1v) is 6.73. The Labute approximate surface area is 121 Å². The third-order valence-electron chi connectivity index (χ3n) is 3.44. The zero-order valence-corrected chi connectivity index (χ0v) is 11.3. The molecule has 1 N–H and O–H groups in total. The van der Waals surface area contributed by atoms with E-state index in [1.54, 1.807) is 11.0 Å². The van der Waals surface area contributed by atoms with Crippen molar-refractivity contribution in [2.24, 2.45) is 0 Å². The Balaban J connectivity index is 1.81. The second-order valence-corrected chi connectivity index (χ2v) is 4.86. The lowest BCUT2D eigenvalue weighted by Gasteiger charge is -2.26. The molecular weight excluding hydrogens is 272 g/mol. The van der Waals surface area contributed by atoms with Crippen molar-refractivity contribution >= 4 is 23.0 Å². The summed E-state index contributed by atoms with van der Waals surface area (Å²) in [5, 5.41) is 3.17. The molecule has 2 aliphatic rings. The molecule has 0 atom stereocenters. The Bertz CT molecular complexity index is 663. The lowest BCUT2D eigenvalue weighted by Crippen LogP contribution is -2.46. The van der Waals surface area contributed by atoms with Crippen molar-refractivity contribution in [1.29, 1.82) is 0 Å². The number of carbonyl (C=O) groups excluding carboxylic acids is 3. The zero-order chi connectivity index (χ0) is 14.8. The largest absolute Gasteiger partial charge is 0.451 e. The van der Waals surface area contributed by atoms with Gasteiger partial charge < -0.3 is 14.6 Å². The standard InChI is InChI=1S/C15H14N2O4/c18-10-1-2-12(19)11(9-10)13-3-4-14(21-13)15(20)17-7-5-16-6-8-17/h1-4,9,16H,5-8H2. The summed E-state index contributed by atoms with van der Waals surface area (Å²) in [7, 11) is 0. The first-order valence-electron chi connectivity index (χ1n) is 6.73. The number of nitrogens with one attached hydrogen (secondary N) is 1. The Morgan fingerprint density at radius 1 is 1.14 bits per heavy atom. The second kappa shape index (κ2) is 5.49. The molecule has 2 heterocycles. The fraction of sp³-hybridized carbons (Fsp3) is 0.267. The van der Waals surface area contributed by atoms with Crippen LogP contribution in [0, 0.1) is 0 Å². The van der Waals surface area contributed by atoms with Crippen LogP contribution in [0.25, 0.3) is 5.57 Å².